The summed E-state index contributed by atoms with van der Waals surface area (Å²) in [7, 11) is -0.133. The molecule has 23 heteroatoms. The van der Waals surface area contributed by atoms with Crippen molar-refractivity contribution in [2.75, 3.05) is 39.9 Å². The number of hydrogen-bond donors (Lipinski definition) is 3. The standard InChI is InChI=1S/C17H11Cl2F3O5.C15H19N5O7S/c1-8(15(23)24)26-16(25)11-7-10(3-4-12(11)18)27-14-5-2-9(6-13(14)19)17(20,21)22;1-24-8-9-27-10-6-4-5-7-11(10)28(22,23)20-13(21)16-12-17-14(25-2)19-15(18-12)26-3/h2-8H,1H3,(H,23,24);4-7H,8-9H2,1-3H3,(H2,16,17,18,19,20,21)/t8-;/m0./s1. The van der Waals surface area contributed by atoms with Crippen LogP contribution >= 0.6 is 23.2 Å². The average Bonchev–Trinajstić information content (AvgIpc) is 3.12. The van der Waals surface area contributed by atoms with Crippen LogP contribution in [0, 0.1) is 0 Å². The van der Waals surface area contributed by atoms with Crippen molar-refractivity contribution < 1.29 is 69.5 Å². The van der Waals surface area contributed by atoms with Gasteiger partial charge in [0, 0.05) is 7.11 Å². The SMILES string of the molecule is COCCOc1ccccc1S(=O)(=O)NC(=O)Nc1nc(OC)nc(OC)n1.C[C@H](OC(=O)c1cc(Oc2ccc(C(F)(F)F)cc2Cl)ccc1Cl)C(=O)O. The Hall–Kier alpha value is -5.64. The molecule has 4 rings (SSSR count). The van der Waals surface area contributed by atoms with Gasteiger partial charge in [0.2, 0.25) is 5.95 Å². The van der Waals surface area contributed by atoms with Gasteiger partial charge in [0.15, 0.2) is 6.10 Å². The Morgan fingerprint density at radius 2 is 1.53 bits per heavy atom. The number of urea groups is 1. The number of benzene rings is 3. The second-order valence-corrected chi connectivity index (χ2v) is 12.7. The molecule has 0 radical (unpaired) electrons. The lowest BCUT2D eigenvalue weighted by molar-refractivity contribution is -0.146. The first-order valence-corrected chi connectivity index (χ1v) is 17.3. The summed E-state index contributed by atoms with van der Waals surface area (Å²) in [4.78, 5) is 46.0. The molecule has 0 unspecified atom stereocenters. The molecule has 55 heavy (non-hydrogen) atoms. The molecule has 3 aromatic carbocycles. The minimum Gasteiger partial charge on any atom is -0.490 e. The van der Waals surface area contributed by atoms with Crippen molar-refractivity contribution in [1.29, 1.82) is 0 Å². The predicted molar refractivity (Wildman–Crippen MR) is 187 cm³/mol. The number of sulfonamides is 1. The van der Waals surface area contributed by atoms with Gasteiger partial charge in [0.25, 0.3) is 10.0 Å². The van der Waals surface area contributed by atoms with Crippen LogP contribution < -0.4 is 29.0 Å². The van der Waals surface area contributed by atoms with E-state index in [0.717, 1.165) is 25.1 Å². The van der Waals surface area contributed by atoms with E-state index in [1.807, 2.05) is 4.72 Å². The van der Waals surface area contributed by atoms with Crippen LogP contribution in [0.2, 0.25) is 10.0 Å². The fourth-order valence-electron chi connectivity index (χ4n) is 3.79. The number of hydrogen-bond acceptors (Lipinski definition) is 14. The fraction of sp³-hybridized carbons (Fsp3) is 0.250. The molecule has 1 atom stereocenters. The third-order valence-electron chi connectivity index (χ3n) is 6.37. The maximum absolute atomic E-state index is 12.7. The van der Waals surface area contributed by atoms with E-state index in [4.69, 9.17) is 56.7 Å². The number of anilines is 1. The average molecular weight is 837 g/mol. The topological polar surface area (TPSA) is 224 Å². The van der Waals surface area contributed by atoms with E-state index in [-0.39, 0.29) is 68.9 Å². The molecule has 0 bridgehead atoms. The fourth-order valence-corrected chi connectivity index (χ4v) is 5.26. The second-order valence-electron chi connectivity index (χ2n) is 10.3. The maximum Gasteiger partial charge on any atom is 0.416 e. The zero-order chi connectivity index (χ0) is 40.9. The highest BCUT2D eigenvalue weighted by Crippen LogP contribution is 2.37. The van der Waals surface area contributed by atoms with Gasteiger partial charge in [-0.15, -0.1) is 4.98 Å². The number of aromatic nitrogens is 3. The van der Waals surface area contributed by atoms with Crippen molar-refractivity contribution in [2.45, 2.75) is 24.1 Å². The number of nitrogens with one attached hydrogen (secondary N) is 2. The highest BCUT2D eigenvalue weighted by atomic mass is 35.5. The first-order chi connectivity index (χ1) is 25.9. The smallest absolute Gasteiger partial charge is 0.416 e. The summed E-state index contributed by atoms with van der Waals surface area (Å²) in [5, 5.41) is 10.6. The van der Waals surface area contributed by atoms with E-state index in [1.165, 1.54) is 51.7 Å². The second kappa shape index (κ2) is 19.6. The molecule has 3 N–H and O–H groups in total. The van der Waals surface area contributed by atoms with Crippen LogP contribution in [-0.2, 0) is 30.5 Å². The number of ether oxygens (including phenoxy) is 6. The molecule has 296 valence electrons. The third-order valence-corrected chi connectivity index (χ3v) is 8.37. The lowest BCUT2D eigenvalue weighted by atomic mass is 10.2. The van der Waals surface area contributed by atoms with Crippen LogP contribution in [0.5, 0.6) is 29.3 Å². The largest absolute Gasteiger partial charge is 0.490 e. The van der Waals surface area contributed by atoms with Gasteiger partial charge in [0.05, 0.1) is 42.0 Å². The molecule has 0 aliphatic rings. The number of rotatable bonds is 14. The van der Waals surface area contributed by atoms with Crippen molar-refractivity contribution in [1.82, 2.24) is 19.7 Å². The van der Waals surface area contributed by atoms with Crippen LogP contribution in [-0.4, -0.2) is 87.1 Å². The van der Waals surface area contributed by atoms with Crippen LogP contribution in [0.4, 0.5) is 23.9 Å². The lowest BCUT2D eigenvalue weighted by Crippen LogP contribution is -2.35. The van der Waals surface area contributed by atoms with E-state index in [9.17, 15) is 36.0 Å². The van der Waals surface area contributed by atoms with Crippen LogP contribution in [0.25, 0.3) is 0 Å². The summed E-state index contributed by atoms with van der Waals surface area (Å²) in [6, 6.07) is 10.9. The van der Waals surface area contributed by atoms with Gasteiger partial charge in [-0.05, 0) is 55.5 Å². The van der Waals surface area contributed by atoms with E-state index in [1.54, 1.807) is 6.07 Å². The molecule has 4 aromatic rings. The predicted octanol–water partition coefficient (Wildman–Crippen LogP) is 5.86. The minimum absolute atomic E-state index is 0.0246. The Kier molecular flexibility index (Phi) is 15.6. The molecule has 17 nitrogen and oxygen atoms in total. The monoisotopic (exact) mass is 835 g/mol. The van der Waals surface area contributed by atoms with Crippen molar-refractivity contribution in [3.8, 4) is 29.3 Å². The van der Waals surface area contributed by atoms with Crippen LogP contribution in [0.1, 0.15) is 22.8 Å². The zero-order valence-corrected chi connectivity index (χ0v) is 31.2. The molecule has 0 spiro atoms. The normalized spacial score (nSPS) is 11.6. The van der Waals surface area contributed by atoms with Crippen molar-refractivity contribution >= 4 is 57.1 Å². The first-order valence-electron chi connectivity index (χ1n) is 15.0. The molecule has 0 saturated carbocycles. The Morgan fingerprint density at radius 3 is 2.11 bits per heavy atom. The van der Waals surface area contributed by atoms with Crippen molar-refractivity contribution in [3.63, 3.8) is 0 Å². The van der Waals surface area contributed by atoms with E-state index < -0.39 is 45.8 Å². The van der Waals surface area contributed by atoms with E-state index >= 15 is 0 Å². The van der Waals surface area contributed by atoms with Crippen LogP contribution in [0.15, 0.2) is 65.6 Å². The number of carboxylic acid groups (broad SMARTS) is 1. The summed E-state index contributed by atoms with van der Waals surface area (Å²) < 4.78 is 95.0. The number of halogens is 5. The maximum atomic E-state index is 12.7. The van der Waals surface area contributed by atoms with Gasteiger partial charge in [0.1, 0.15) is 28.8 Å². The molecule has 2 amide bonds. The molecule has 1 aromatic heterocycles. The number of para-hydroxylation sites is 1. The molecule has 0 aliphatic heterocycles. The number of carboxylic acids is 1. The molecule has 0 fully saturated rings. The number of esters is 1. The van der Waals surface area contributed by atoms with Gasteiger partial charge in [-0.1, -0.05) is 35.3 Å². The van der Waals surface area contributed by atoms with Gasteiger partial charge in [-0.2, -0.15) is 23.1 Å². The molecule has 1 heterocycles. The number of nitrogens with zero attached hydrogens (tertiary/aromatic N) is 3. The number of carbonyl (C=O) groups excluding carboxylic acids is 2. The van der Waals surface area contributed by atoms with Crippen LogP contribution in [0.3, 0.4) is 0 Å². The van der Waals surface area contributed by atoms with Gasteiger partial charge in [-0.25, -0.2) is 27.5 Å². The number of amides is 2. The summed E-state index contributed by atoms with van der Waals surface area (Å²) >= 11 is 11.7. The molecular formula is C32H30Cl2F3N5O12S. The number of alkyl halides is 3. The van der Waals surface area contributed by atoms with Gasteiger partial charge >= 0.3 is 36.2 Å². The summed E-state index contributed by atoms with van der Waals surface area (Å²) in [6.07, 6.45) is -5.96. The van der Waals surface area contributed by atoms with Gasteiger partial charge in [-0.3, -0.25) is 5.32 Å². The Labute approximate surface area is 320 Å². The summed E-state index contributed by atoms with van der Waals surface area (Å²) in [5.74, 6) is -2.58. The Balaban J connectivity index is 0.000000296. The first kappa shape index (κ1) is 43.8. The highest BCUT2D eigenvalue weighted by molar-refractivity contribution is 7.90. The number of methoxy groups -OCH3 is 3. The third kappa shape index (κ3) is 13.0. The number of aliphatic carboxylic acids is 1. The van der Waals surface area contributed by atoms with Gasteiger partial charge < -0.3 is 33.5 Å². The van der Waals surface area contributed by atoms with Crippen molar-refractivity contribution in [3.05, 3.63) is 81.8 Å². The Morgan fingerprint density at radius 1 is 0.873 bits per heavy atom. The summed E-state index contributed by atoms with van der Waals surface area (Å²) in [6.45, 7) is 1.57. The molecule has 0 saturated heterocycles. The Bertz CT molecular complexity index is 2090. The minimum atomic E-state index is -4.56. The number of carbonyl (C=O) groups is 3. The molecular weight excluding hydrogens is 806 g/mol. The van der Waals surface area contributed by atoms with E-state index in [2.05, 4.69) is 20.3 Å². The summed E-state index contributed by atoms with van der Waals surface area (Å²) in [5.41, 5.74) is -1.12. The lowest BCUT2D eigenvalue weighted by Gasteiger charge is -2.13. The highest BCUT2D eigenvalue weighted by Gasteiger charge is 2.31. The van der Waals surface area contributed by atoms with Crippen molar-refractivity contribution in [2.24, 2.45) is 0 Å². The quantitative estimate of drug-likeness (QED) is 0.1000. The molecule has 0 aliphatic carbocycles. The van der Waals surface area contributed by atoms with E-state index in [0.29, 0.717) is 6.07 Å². The zero-order valence-electron chi connectivity index (χ0n) is 28.8.